The normalized spacial score (nSPS) is 11.0. The summed E-state index contributed by atoms with van der Waals surface area (Å²) in [6, 6.07) is 5.46. The van der Waals surface area contributed by atoms with Gasteiger partial charge < -0.3 is 9.63 Å². The molecule has 3 aromatic rings. The van der Waals surface area contributed by atoms with Gasteiger partial charge in [0.05, 0.1) is 11.7 Å². The first-order chi connectivity index (χ1) is 9.13. The molecule has 0 fully saturated rings. The predicted molar refractivity (Wildman–Crippen MR) is 65.4 cm³/mol. The Morgan fingerprint density at radius 1 is 1.47 bits per heavy atom. The monoisotopic (exact) mass is 258 g/mol. The van der Waals surface area contributed by atoms with Crippen molar-refractivity contribution in [3.8, 4) is 11.4 Å². The molecule has 3 rings (SSSR count). The summed E-state index contributed by atoms with van der Waals surface area (Å²) in [6.45, 7) is 1.56. The van der Waals surface area contributed by atoms with E-state index >= 15 is 0 Å². The van der Waals surface area contributed by atoms with Crippen LogP contribution in [0.15, 0.2) is 28.9 Å². The third-order valence-corrected chi connectivity index (χ3v) is 2.71. The van der Waals surface area contributed by atoms with Crippen LogP contribution in [0.4, 0.5) is 0 Å². The summed E-state index contributed by atoms with van der Waals surface area (Å²) in [5.41, 5.74) is 1.56. The van der Waals surface area contributed by atoms with Crippen LogP contribution in [-0.4, -0.2) is 31.0 Å². The van der Waals surface area contributed by atoms with Gasteiger partial charge in [0.15, 0.2) is 0 Å². The van der Waals surface area contributed by atoms with Crippen molar-refractivity contribution in [3.63, 3.8) is 0 Å². The summed E-state index contributed by atoms with van der Waals surface area (Å²) in [5, 5.41) is 17.5. The number of hydrogen-bond donors (Lipinski definition) is 1. The Hall–Kier alpha value is -2.70. The van der Waals surface area contributed by atoms with E-state index in [0.717, 1.165) is 16.5 Å². The van der Waals surface area contributed by atoms with Crippen molar-refractivity contribution in [2.75, 3.05) is 0 Å². The van der Waals surface area contributed by atoms with Crippen LogP contribution in [0.2, 0.25) is 0 Å². The predicted octanol–water partition coefficient (Wildman–Crippen LogP) is 1.48. The fourth-order valence-electron chi connectivity index (χ4n) is 1.90. The number of rotatable bonds is 3. The van der Waals surface area contributed by atoms with Gasteiger partial charge in [0.25, 0.3) is 0 Å². The van der Waals surface area contributed by atoms with Crippen LogP contribution in [0.3, 0.4) is 0 Å². The average molecular weight is 258 g/mol. The van der Waals surface area contributed by atoms with Crippen LogP contribution in [0.5, 0.6) is 0 Å². The zero-order chi connectivity index (χ0) is 13.4. The summed E-state index contributed by atoms with van der Waals surface area (Å²) in [7, 11) is 0. The van der Waals surface area contributed by atoms with Crippen molar-refractivity contribution in [3.05, 3.63) is 30.3 Å². The lowest BCUT2D eigenvalue weighted by Gasteiger charge is -1.99. The minimum atomic E-state index is -0.928. The van der Waals surface area contributed by atoms with E-state index in [1.807, 2.05) is 12.1 Å². The molecule has 0 bridgehead atoms. The second-order valence-corrected chi connectivity index (χ2v) is 4.11. The van der Waals surface area contributed by atoms with E-state index in [2.05, 4.69) is 15.2 Å². The molecular weight excluding hydrogens is 248 g/mol. The van der Waals surface area contributed by atoms with Crippen molar-refractivity contribution < 1.29 is 14.4 Å². The van der Waals surface area contributed by atoms with Gasteiger partial charge in [-0.3, -0.25) is 9.48 Å². The highest BCUT2D eigenvalue weighted by Gasteiger charge is 2.10. The van der Waals surface area contributed by atoms with Gasteiger partial charge in [-0.25, -0.2) is 0 Å². The van der Waals surface area contributed by atoms with Crippen molar-refractivity contribution in [2.45, 2.75) is 13.5 Å². The zero-order valence-corrected chi connectivity index (χ0v) is 10.1. The molecule has 19 heavy (non-hydrogen) atoms. The molecule has 1 aromatic carbocycles. The van der Waals surface area contributed by atoms with Gasteiger partial charge in [-0.15, -0.1) is 0 Å². The van der Waals surface area contributed by atoms with Crippen LogP contribution in [-0.2, 0) is 11.3 Å². The molecule has 2 heterocycles. The standard InChI is InChI=1S/C12H10N4O3/c1-7-14-12(15-19-7)8-2-3-10-9(4-8)5-13-16(10)6-11(17)18/h2-5H,6H2,1H3,(H,17,18). The second-order valence-electron chi connectivity index (χ2n) is 4.11. The Morgan fingerprint density at radius 3 is 3.00 bits per heavy atom. The van der Waals surface area contributed by atoms with Crippen LogP contribution in [0, 0.1) is 6.92 Å². The highest BCUT2D eigenvalue weighted by molar-refractivity contribution is 5.84. The van der Waals surface area contributed by atoms with E-state index in [4.69, 9.17) is 9.63 Å². The average Bonchev–Trinajstić information content (AvgIpc) is 2.95. The zero-order valence-electron chi connectivity index (χ0n) is 10.1. The maximum Gasteiger partial charge on any atom is 0.325 e. The van der Waals surface area contributed by atoms with E-state index in [9.17, 15) is 4.79 Å². The Balaban J connectivity index is 2.05. The number of aliphatic carboxylic acids is 1. The van der Waals surface area contributed by atoms with Crippen LogP contribution < -0.4 is 0 Å². The number of aromatic nitrogens is 4. The first-order valence-corrected chi connectivity index (χ1v) is 5.61. The number of fused-ring (bicyclic) bond motifs is 1. The molecule has 0 aliphatic carbocycles. The SMILES string of the molecule is Cc1nc(-c2ccc3c(cnn3CC(=O)O)c2)no1. The van der Waals surface area contributed by atoms with E-state index in [1.165, 1.54) is 4.68 Å². The van der Waals surface area contributed by atoms with Crippen molar-refractivity contribution in [1.29, 1.82) is 0 Å². The molecule has 0 aliphatic rings. The molecule has 0 aliphatic heterocycles. The maximum atomic E-state index is 10.7. The lowest BCUT2D eigenvalue weighted by Crippen LogP contribution is -2.09. The first-order valence-electron chi connectivity index (χ1n) is 5.61. The highest BCUT2D eigenvalue weighted by Crippen LogP contribution is 2.22. The molecule has 0 spiro atoms. The highest BCUT2D eigenvalue weighted by atomic mass is 16.5. The summed E-state index contributed by atoms with van der Waals surface area (Å²) >= 11 is 0. The number of benzene rings is 1. The molecule has 2 aromatic heterocycles. The smallest absolute Gasteiger partial charge is 0.325 e. The third-order valence-electron chi connectivity index (χ3n) is 2.71. The molecule has 0 amide bonds. The Kier molecular flexibility index (Phi) is 2.52. The molecular formula is C12H10N4O3. The molecule has 0 radical (unpaired) electrons. The number of carboxylic acids is 1. The van der Waals surface area contributed by atoms with Crippen molar-refractivity contribution in [1.82, 2.24) is 19.9 Å². The molecule has 0 saturated heterocycles. The maximum absolute atomic E-state index is 10.7. The van der Waals surface area contributed by atoms with Gasteiger partial charge in [0.1, 0.15) is 6.54 Å². The van der Waals surface area contributed by atoms with Gasteiger partial charge in [-0.1, -0.05) is 5.16 Å². The Bertz CT molecular complexity index is 759. The van der Waals surface area contributed by atoms with Crippen LogP contribution in [0.25, 0.3) is 22.3 Å². The summed E-state index contributed by atoms with van der Waals surface area (Å²) in [6.07, 6.45) is 1.62. The van der Waals surface area contributed by atoms with Crippen LogP contribution >= 0.6 is 0 Å². The van der Waals surface area contributed by atoms with E-state index < -0.39 is 5.97 Å². The summed E-state index contributed by atoms with van der Waals surface area (Å²) < 4.78 is 6.36. The topological polar surface area (TPSA) is 94.0 Å². The number of carbonyl (C=O) groups is 1. The lowest BCUT2D eigenvalue weighted by molar-refractivity contribution is -0.137. The Morgan fingerprint density at radius 2 is 2.32 bits per heavy atom. The number of aryl methyl sites for hydroxylation is 1. The van der Waals surface area contributed by atoms with Crippen molar-refractivity contribution in [2.24, 2.45) is 0 Å². The second kappa shape index (κ2) is 4.20. The minimum absolute atomic E-state index is 0.163. The molecule has 1 N–H and O–H groups in total. The van der Waals surface area contributed by atoms with Gasteiger partial charge >= 0.3 is 5.97 Å². The van der Waals surface area contributed by atoms with E-state index in [1.54, 1.807) is 19.2 Å². The van der Waals surface area contributed by atoms with E-state index in [-0.39, 0.29) is 6.54 Å². The van der Waals surface area contributed by atoms with Gasteiger partial charge in [0, 0.05) is 17.9 Å². The van der Waals surface area contributed by atoms with Gasteiger partial charge in [0.2, 0.25) is 11.7 Å². The number of nitrogens with zero attached hydrogens (tertiary/aromatic N) is 4. The molecule has 0 atom stereocenters. The molecule has 0 saturated carbocycles. The fraction of sp³-hybridized carbons (Fsp3) is 0.167. The minimum Gasteiger partial charge on any atom is -0.480 e. The fourth-order valence-corrected chi connectivity index (χ4v) is 1.90. The summed E-state index contributed by atoms with van der Waals surface area (Å²) in [5.74, 6) is 0.0740. The first kappa shape index (κ1) is 11.4. The molecule has 0 unspecified atom stereocenters. The molecule has 7 nitrogen and oxygen atoms in total. The van der Waals surface area contributed by atoms with E-state index in [0.29, 0.717) is 11.7 Å². The lowest BCUT2D eigenvalue weighted by atomic mass is 10.1. The molecule has 96 valence electrons. The number of carboxylic acid groups (broad SMARTS) is 1. The Labute approximate surface area is 107 Å². The van der Waals surface area contributed by atoms with Crippen LogP contribution in [0.1, 0.15) is 5.89 Å². The molecule has 7 heteroatoms. The van der Waals surface area contributed by atoms with Gasteiger partial charge in [-0.05, 0) is 18.2 Å². The van der Waals surface area contributed by atoms with Gasteiger partial charge in [-0.2, -0.15) is 10.1 Å². The number of hydrogen-bond acceptors (Lipinski definition) is 5. The third kappa shape index (κ3) is 2.05. The quantitative estimate of drug-likeness (QED) is 0.764. The largest absolute Gasteiger partial charge is 0.480 e. The summed E-state index contributed by atoms with van der Waals surface area (Å²) in [4.78, 5) is 14.9. The van der Waals surface area contributed by atoms with Crippen molar-refractivity contribution >= 4 is 16.9 Å².